The highest BCUT2D eigenvalue weighted by Crippen LogP contribution is 2.28. The Balaban J connectivity index is 2.21. The maximum atomic E-state index is 12.0. The molecule has 3 N–H and O–H groups in total. The van der Waals surface area contributed by atoms with E-state index >= 15 is 0 Å². The summed E-state index contributed by atoms with van der Waals surface area (Å²) in [5.74, 6) is -0.150. The number of halogens is 2. The molecule has 0 atom stereocenters. The van der Waals surface area contributed by atoms with E-state index in [1.807, 2.05) is 25.1 Å². The predicted octanol–water partition coefficient (Wildman–Crippen LogP) is 4.42. The van der Waals surface area contributed by atoms with Crippen LogP contribution in [0.2, 0.25) is 0 Å². The van der Waals surface area contributed by atoms with Gasteiger partial charge in [-0.1, -0.05) is 15.9 Å². The lowest BCUT2D eigenvalue weighted by atomic mass is 10.3. The quantitative estimate of drug-likeness (QED) is 0.798. The van der Waals surface area contributed by atoms with Crippen LogP contribution in [0.4, 0.5) is 11.4 Å². The number of rotatable bonds is 2. The molecule has 0 aliphatic rings. The van der Waals surface area contributed by atoms with Crippen LogP contribution in [0, 0.1) is 6.92 Å². The Hall–Kier alpha value is -0.850. The average molecular weight is 390 g/mol. The van der Waals surface area contributed by atoms with Gasteiger partial charge in [0.1, 0.15) is 0 Å². The molecule has 1 heterocycles. The Morgan fingerprint density at radius 3 is 2.61 bits per heavy atom. The SMILES string of the molecule is Cc1sc(C(=O)Nc2ccc(Br)cc2Br)cc1N. The molecule has 0 unspecified atom stereocenters. The zero-order valence-electron chi connectivity index (χ0n) is 9.46. The first kappa shape index (κ1) is 13.6. The summed E-state index contributed by atoms with van der Waals surface area (Å²) in [5, 5.41) is 2.84. The van der Waals surface area contributed by atoms with E-state index in [4.69, 9.17) is 5.73 Å². The summed E-state index contributed by atoms with van der Waals surface area (Å²) in [6, 6.07) is 7.27. The van der Waals surface area contributed by atoms with Crippen LogP contribution in [0.1, 0.15) is 14.5 Å². The third kappa shape index (κ3) is 2.93. The van der Waals surface area contributed by atoms with Gasteiger partial charge in [0, 0.05) is 19.5 Å². The fourth-order valence-electron chi connectivity index (χ4n) is 1.38. The molecule has 1 amide bonds. The van der Waals surface area contributed by atoms with Crippen LogP contribution < -0.4 is 11.1 Å². The van der Waals surface area contributed by atoms with Crippen LogP contribution in [0.15, 0.2) is 33.2 Å². The normalized spacial score (nSPS) is 10.4. The second-order valence-corrected chi connectivity index (χ2v) is 6.73. The number of carbonyl (C=O) groups excluding carboxylic acids is 1. The van der Waals surface area contributed by atoms with Crippen LogP contribution >= 0.6 is 43.2 Å². The smallest absolute Gasteiger partial charge is 0.265 e. The van der Waals surface area contributed by atoms with Gasteiger partial charge in [0.05, 0.1) is 10.6 Å². The van der Waals surface area contributed by atoms with Gasteiger partial charge in [0.2, 0.25) is 0 Å². The summed E-state index contributed by atoms with van der Waals surface area (Å²) in [6.07, 6.45) is 0. The number of benzene rings is 1. The molecular formula is C12H10Br2N2OS. The number of thiophene rings is 1. The Labute approximate surface area is 126 Å². The highest BCUT2D eigenvalue weighted by molar-refractivity contribution is 9.11. The number of aryl methyl sites for hydroxylation is 1. The van der Waals surface area contributed by atoms with Gasteiger partial charge >= 0.3 is 0 Å². The topological polar surface area (TPSA) is 55.1 Å². The van der Waals surface area contributed by atoms with Gasteiger partial charge in [-0.2, -0.15) is 0 Å². The molecule has 94 valence electrons. The highest BCUT2D eigenvalue weighted by atomic mass is 79.9. The van der Waals surface area contributed by atoms with Gasteiger partial charge in [-0.3, -0.25) is 4.79 Å². The van der Waals surface area contributed by atoms with Crippen LogP contribution in [0.25, 0.3) is 0 Å². The fraction of sp³-hybridized carbons (Fsp3) is 0.0833. The zero-order chi connectivity index (χ0) is 13.3. The number of hydrogen-bond acceptors (Lipinski definition) is 3. The second-order valence-electron chi connectivity index (χ2n) is 3.70. The Bertz CT molecular complexity index is 591. The van der Waals surface area contributed by atoms with Crippen molar-refractivity contribution < 1.29 is 4.79 Å². The molecule has 0 fully saturated rings. The monoisotopic (exact) mass is 388 g/mol. The molecule has 0 saturated carbocycles. The van der Waals surface area contributed by atoms with E-state index in [1.165, 1.54) is 11.3 Å². The molecule has 0 bridgehead atoms. The molecule has 2 rings (SSSR count). The van der Waals surface area contributed by atoms with Gasteiger partial charge in [-0.15, -0.1) is 11.3 Å². The van der Waals surface area contributed by atoms with Crippen molar-refractivity contribution >= 4 is 60.5 Å². The number of nitrogens with two attached hydrogens (primary N) is 1. The van der Waals surface area contributed by atoms with E-state index in [0.717, 1.165) is 19.5 Å². The van der Waals surface area contributed by atoms with Gasteiger partial charge in [0.25, 0.3) is 5.91 Å². The van der Waals surface area contributed by atoms with E-state index in [9.17, 15) is 4.79 Å². The van der Waals surface area contributed by atoms with Crippen LogP contribution in [-0.2, 0) is 0 Å². The first-order valence-electron chi connectivity index (χ1n) is 5.09. The van der Waals surface area contributed by atoms with Gasteiger partial charge in [-0.05, 0) is 47.1 Å². The predicted molar refractivity (Wildman–Crippen MR) is 83.3 cm³/mol. The van der Waals surface area contributed by atoms with E-state index < -0.39 is 0 Å². The van der Waals surface area contributed by atoms with Crippen LogP contribution in [0.3, 0.4) is 0 Å². The summed E-state index contributed by atoms with van der Waals surface area (Å²) < 4.78 is 1.77. The lowest BCUT2D eigenvalue weighted by Gasteiger charge is -2.06. The molecule has 1 aromatic heterocycles. The van der Waals surface area contributed by atoms with Gasteiger partial charge in [-0.25, -0.2) is 0 Å². The number of anilines is 2. The third-order valence-corrected chi connectivity index (χ3v) is 4.57. The number of nitrogens with one attached hydrogen (secondary N) is 1. The zero-order valence-corrected chi connectivity index (χ0v) is 13.4. The molecule has 0 saturated heterocycles. The second kappa shape index (κ2) is 5.42. The fourth-order valence-corrected chi connectivity index (χ4v) is 3.37. The number of nitrogen functional groups attached to an aromatic ring is 1. The lowest BCUT2D eigenvalue weighted by Crippen LogP contribution is -2.10. The van der Waals surface area contributed by atoms with E-state index in [2.05, 4.69) is 37.2 Å². The van der Waals surface area contributed by atoms with Crippen molar-refractivity contribution in [3.8, 4) is 0 Å². The van der Waals surface area contributed by atoms with Crippen molar-refractivity contribution in [1.82, 2.24) is 0 Å². The number of carbonyl (C=O) groups is 1. The summed E-state index contributed by atoms with van der Waals surface area (Å²) in [4.78, 5) is 13.6. The summed E-state index contributed by atoms with van der Waals surface area (Å²) >= 11 is 8.15. The van der Waals surface area contributed by atoms with Crippen molar-refractivity contribution in [3.63, 3.8) is 0 Å². The average Bonchev–Trinajstić information content (AvgIpc) is 2.63. The molecule has 0 radical (unpaired) electrons. The Morgan fingerprint density at radius 2 is 2.06 bits per heavy atom. The summed E-state index contributed by atoms with van der Waals surface area (Å²) in [6.45, 7) is 1.90. The van der Waals surface area contributed by atoms with E-state index in [0.29, 0.717) is 10.6 Å². The molecule has 2 aromatic rings. The molecule has 3 nitrogen and oxygen atoms in total. The third-order valence-electron chi connectivity index (χ3n) is 2.36. The minimum Gasteiger partial charge on any atom is -0.398 e. The van der Waals surface area contributed by atoms with E-state index in [-0.39, 0.29) is 5.91 Å². The Kier molecular flexibility index (Phi) is 4.09. The first-order chi connectivity index (χ1) is 8.47. The lowest BCUT2D eigenvalue weighted by molar-refractivity contribution is 0.103. The van der Waals surface area contributed by atoms with Crippen molar-refractivity contribution in [2.45, 2.75) is 6.92 Å². The molecule has 6 heteroatoms. The van der Waals surface area contributed by atoms with Crippen molar-refractivity contribution in [2.75, 3.05) is 11.1 Å². The minimum absolute atomic E-state index is 0.150. The van der Waals surface area contributed by atoms with Crippen LogP contribution in [-0.4, -0.2) is 5.91 Å². The number of amides is 1. The maximum Gasteiger partial charge on any atom is 0.265 e. The largest absolute Gasteiger partial charge is 0.398 e. The molecule has 0 aliphatic heterocycles. The van der Waals surface area contributed by atoms with Gasteiger partial charge in [0.15, 0.2) is 0 Å². The first-order valence-corrected chi connectivity index (χ1v) is 7.50. The molecular weight excluding hydrogens is 380 g/mol. The van der Waals surface area contributed by atoms with E-state index in [1.54, 1.807) is 6.07 Å². The van der Waals surface area contributed by atoms with Crippen molar-refractivity contribution in [2.24, 2.45) is 0 Å². The molecule has 1 aromatic carbocycles. The summed E-state index contributed by atoms with van der Waals surface area (Å²) in [7, 11) is 0. The van der Waals surface area contributed by atoms with Crippen molar-refractivity contribution in [1.29, 1.82) is 0 Å². The molecule has 18 heavy (non-hydrogen) atoms. The number of hydrogen-bond donors (Lipinski definition) is 2. The minimum atomic E-state index is -0.150. The van der Waals surface area contributed by atoms with Crippen LogP contribution in [0.5, 0.6) is 0 Å². The van der Waals surface area contributed by atoms with Gasteiger partial charge < -0.3 is 11.1 Å². The van der Waals surface area contributed by atoms with Crippen molar-refractivity contribution in [3.05, 3.63) is 43.0 Å². The Morgan fingerprint density at radius 1 is 1.33 bits per heavy atom. The maximum absolute atomic E-state index is 12.0. The summed E-state index contributed by atoms with van der Waals surface area (Å²) in [5.41, 5.74) is 7.12. The highest BCUT2D eigenvalue weighted by Gasteiger charge is 2.12. The standard InChI is InChI=1S/C12H10Br2N2OS/c1-6-9(15)5-11(18-6)12(17)16-10-3-2-7(13)4-8(10)14/h2-5H,15H2,1H3,(H,16,17). The molecule has 0 spiro atoms. The molecule has 0 aliphatic carbocycles.